The summed E-state index contributed by atoms with van der Waals surface area (Å²) in [5.41, 5.74) is 3.20. The van der Waals surface area contributed by atoms with Crippen LogP contribution in [0.2, 0.25) is 0 Å². The number of rotatable bonds is 7. The van der Waals surface area contributed by atoms with E-state index in [1.54, 1.807) is 38.9 Å². The van der Waals surface area contributed by atoms with Gasteiger partial charge in [-0.05, 0) is 49.4 Å². The molecule has 0 saturated heterocycles. The molecule has 0 aliphatic rings. The summed E-state index contributed by atoms with van der Waals surface area (Å²) in [6.07, 6.45) is 3.92. The summed E-state index contributed by atoms with van der Waals surface area (Å²) in [5, 5.41) is 4.71. The van der Waals surface area contributed by atoms with E-state index in [2.05, 4.69) is 0 Å². The van der Waals surface area contributed by atoms with E-state index in [-0.39, 0.29) is 5.91 Å². The van der Waals surface area contributed by atoms with Crippen LogP contribution in [0.25, 0.3) is 23.0 Å². The monoisotopic (exact) mass is 419 g/mol. The first-order valence-corrected chi connectivity index (χ1v) is 9.78. The molecule has 0 fully saturated rings. The zero-order chi connectivity index (χ0) is 22.4. The minimum Gasteiger partial charge on any atom is -0.497 e. The third kappa shape index (κ3) is 5.39. The first-order valence-electron chi connectivity index (χ1n) is 9.78. The Hall–Kier alpha value is -3.87. The van der Waals surface area contributed by atoms with Gasteiger partial charge in [0.25, 0.3) is 5.91 Å². The van der Waals surface area contributed by atoms with Crippen molar-refractivity contribution in [1.82, 2.24) is 14.7 Å². The predicted molar refractivity (Wildman–Crippen MR) is 119 cm³/mol. The van der Waals surface area contributed by atoms with Crippen LogP contribution in [0.15, 0.2) is 66.9 Å². The van der Waals surface area contributed by atoms with E-state index >= 15 is 0 Å². The van der Waals surface area contributed by atoms with Gasteiger partial charge in [0.15, 0.2) is 6.10 Å². The fourth-order valence-corrected chi connectivity index (χ4v) is 2.98. The molecule has 160 valence electrons. The Morgan fingerprint density at radius 1 is 1.06 bits per heavy atom. The van der Waals surface area contributed by atoms with E-state index in [0.29, 0.717) is 5.69 Å². The molecule has 3 rings (SSSR count). The number of hydrogen-bond donors (Lipinski definition) is 0. The Morgan fingerprint density at radius 3 is 2.35 bits per heavy atom. The largest absolute Gasteiger partial charge is 0.497 e. The molecule has 1 unspecified atom stereocenters. The Kier molecular flexibility index (Phi) is 6.87. The van der Waals surface area contributed by atoms with E-state index < -0.39 is 12.1 Å². The molecule has 0 aliphatic carbocycles. The minimum atomic E-state index is -0.861. The molecule has 1 atom stereocenters. The molecule has 0 bridgehead atoms. The number of para-hydroxylation sites is 1. The highest BCUT2D eigenvalue weighted by atomic mass is 16.5. The second-order valence-electron chi connectivity index (χ2n) is 7.09. The van der Waals surface area contributed by atoms with Gasteiger partial charge in [-0.25, -0.2) is 9.48 Å². The number of likely N-dealkylation sites (N-methyl/N-ethyl adjacent to an activating group) is 1. The minimum absolute atomic E-state index is 0.280. The maximum absolute atomic E-state index is 12.2. The molecule has 1 aromatic heterocycles. The predicted octanol–water partition coefficient (Wildman–Crippen LogP) is 3.58. The SMILES string of the molecule is COc1ccc(-c2nn(-c3ccccc3)cc2/C=C/C(=O)OC(C)C(=O)N(C)C)cc1. The molecule has 0 N–H and O–H groups in total. The molecular formula is C24H25N3O4. The van der Waals surface area contributed by atoms with Gasteiger partial charge in [-0.2, -0.15) is 5.10 Å². The van der Waals surface area contributed by atoms with Gasteiger partial charge in [-0.3, -0.25) is 4.79 Å². The maximum Gasteiger partial charge on any atom is 0.331 e. The maximum atomic E-state index is 12.2. The van der Waals surface area contributed by atoms with Crippen LogP contribution in [0.1, 0.15) is 12.5 Å². The zero-order valence-corrected chi connectivity index (χ0v) is 18.0. The van der Waals surface area contributed by atoms with Crippen molar-refractivity contribution in [3.05, 3.63) is 72.4 Å². The van der Waals surface area contributed by atoms with Crippen LogP contribution in [0.3, 0.4) is 0 Å². The summed E-state index contributed by atoms with van der Waals surface area (Å²) in [6.45, 7) is 1.55. The summed E-state index contributed by atoms with van der Waals surface area (Å²) >= 11 is 0. The number of esters is 1. The third-order valence-corrected chi connectivity index (χ3v) is 4.61. The highest BCUT2D eigenvalue weighted by Crippen LogP contribution is 2.26. The highest BCUT2D eigenvalue weighted by Gasteiger charge is 2.18. The molecule has 7 heteroatoms. The summed E-state index contributed by atoms with van der Waals surface area (Å²) in [7, 11) is 4.84. The number of carbonyl (C=O) groups excluding carboxylic acids is 2. The van der Waals surface area contributed by atoms with Gasteiger partial charge in [-0.15, -0.1) is 0 Å². The Bertz CT molecular complexity index is 1070. The molecule has 1 heterocycles. The molecular weight excluding hydrogens is 394 g/mol. The third-order valence-electron chi connectivity index (χ3n) is 4.61. The molecule has 0 spiro atoms. The standard InChI is InChI=1S/C24H25N3O4/c1-17(24(29)26(2)3)31-22(28)15-12-19-16-27(20-8-6-5-7-9-20)25-23(19)18-10-13-21(30-4)14-11-18/h5-17H,1-4H3/b15-12+. The van der Waals surface area contributed by atoms with Crippen molar-refractivity contribution in [3.63, 3.8) is 0 Å². The lowest BCUT2D eigenvalue weighted by atomic mass is 10.1. The first-order chi connectivity index (χ1) is 14.9. The van der Waals surface area contributed by atoms with E-state index in [1.807, 2.05) is 60.8 Å². The molecule has 31 heavy (non-hydrogen) atoms. The molecule has 3 aromatic rings. The number of amides is 1. The van der Waals surface area contributed by atoms with E-state index in [1.165, 1.54) is 11.0 Å². The van der Waals surface area contributed by atoms with Gasteiger partial charge in [0, 0.05) is 37.5 Å². The molecule has 0 saturated carbocycles. The molecule has 2 aromatic carbocycles. The lowest BCUT2D eigenvalue weighted by Crippen LogP contribution is -2.34. The number of nitrogens with zero attached hydrogens (tertiary/aromatic N) is 3. The molecule has 7 nitrogen and oxygen atoms in total. The van der Waals surface area contributed by atoms with Crippen molar-refractivity contribution in [2.75, 3.05) is 21.2 Å². The first kappa shape index (κ1) is 21.8. The number of carbonyl (C=O) groups is 2. The Labute approximate surface area is 181 Å². The van der Waals surface area contributed by atoms with Crippen molar-refractivity contribution in [1.29, 1.82) is 0 Å². The van der Waals surface area contributed by atoms with Crippen LogP contribution in [-0.2, 0) is 14.3 Å². The van der Waals surface area contributed by atoms with Crippen LogP contribution in [-0.4, -0.2) is 53.9 Å². The molecule has 0 radical (unpaired) electrons. The zero-order valence-electron chi connectivity index (χ0n) is 18.0. The summed E-state index contributed by atoms with van der Waals surface area (Å²) in [4.78, 5) is 25.5. The fraction of sp³-hybridized carbons (Fsp3) is 0.208. The second kappa shape index (κ2) is 9.75. The smallest absolute Gasteiger partial charge is 0.331 e. The fourth-order valence-electron chi connectivity index (χ4n) is 2.98. The number of ether oxygens (including phenoxy) is 2. The van der Waals surface area contributed by atoms with Crippen molar-refractivity contribution in [2.24, 2.45) is 0 Å². The Morgan fingerprint density at radius 2 is 1.74 bits per heavy atom. The van der Waals surface area contributed by atoms with E-state index in [0.717, 1.165) is 22.6 Å². The topological polar surface area (TPSA) is 73.7 Å². The quantitative estimate of drug-likeness (QED) is 0.432. The van der Waals surface area contributed by atoms with Crippen LogP contribution >= 0.6 is 0 Å². The molecule has 0 aliphatic heterocycles. The van der Waals surface area contributed by atoms with Crippen LogP contribution in [0, 0.1) is 0 Å². The number of benzene rings is 2. The van der Waals surface area contributed by atoms with Crippen molar-refractivity contribution in [2.45, 2.75) is 13.0 Å². The average Bonchev–Trinajstić information content (AvgIpc) is 3.22. The van der Waals surface area contributed by atoms with Crippen molar-refractivity contribution >= 4 is 18.0 Å². The average molecular weight is 419 g/mol. The second-order valence-corrected chi connectivity index (χ2v) is 7.09. The van der Waals surface area contributed by atoms with Crippen molar-refractivity contribution in [3.8, 4) is 22.7 Å². The Balaban J connectivity index is 1.90. The number of hydrogen-bond acceptors (Lipinski definition) is 5. The van der Waals surface area contributed by atoms with E-state index in [9.17, 15) is 9.59 Å². The van der Waals surface area contributed by atoms with Gasteiger partial charge in [0.2, 0.25) is 0 Å². The van der Waals surface area contributed by atoms with Gasteiger partial charge in [0.05, 0.1) is 18.5 Å². The normalized spacial score (nSPS) is 11.9. The van der Waals surface area contributed by atoms with Gasteiger partial charge in [-0.1, -0.05) is 18.2 Å². The molecule has 1 amide bonds. The van der Waals surface area contributed by atoms with E-state index in [4.69, 9.17) is 14.6 Å². The summed E-state index contributed by atoms with van der Waals surface area (Å²) in [6, 6.07) is 17.2. The van der Waals surface area contributed by atoms with Crippen LogP contribution in [0.4, 0.5) is 0 Å². The number of aromatic nitrogens is 2. The van der Waals surface area contributed by atoms with Gasteiger partial charge in [0.1, 0.15) is 5.75 Å². The van der Waals surface area contributed by atoms with Crippen LogP contribution in [0.5, 0.6) is 5.75 Å². The number of methoxy groups -OCH3 is 1. The van der Waals surface area contributed by atoms with Crippen LogP contribution < -0.4 is 4.74 Å². The highest BCUT2D eigenvalue weighted by molar-refractivity contribution is 5.91. The lowest BCUT2D eigenvalue weighted by molar-refractivity contribution is -0.153. The summed E-state index contributed by atoms with van der Waals surface area (Å²) < 4.78 is 12.2. The summed E-state index contributed by atoms with van der Waals surface area (Å²) in [5.74, 6) is -0.139. The van der Waals surface area contributed by atoms with Gasteiger partial charge >= 0.3 is 5.97 Å². The van der Waals surface area contributed by atoms with Gasteiger partial charge < -0.3 is 14.4 Å². The lowest BCUT2D eigenvalue weighted by Gasteiger charge is -2.16. The van der Waals surface area contributed by atoms with Crippen molar-refractivity contribution < 1.29 is 19.1 Å².